The zero-order valence-corrected chi connectivity index (χ0v) is 13.9. The van der Waals surface area contributed by atoms with Gasteiger partial charge in [0.2, 0.25) is 0 Å². The van der Waals surface area contributed by atoms with Crippen molar-refractivity contribution in [3.05, 3.63) is 29.8 Å². The van der Waals surface area contributed by atoms with E-state index in [-0.39, 0.29) is 11.7 Å². The minimum Gasteiger partial charge on any atom is -0.379 e. The molecule has 0 bridgehead atoms. The van der Waals surface area contributed by atoms with E-state index in [4.69, 9.17) is 4.74 Å². The van der Waals surface area contributed by atoms with Crippen molar-refractivity contribution >= 4 is 11.7 Å². The lowest BCUT2D eigenvalue weighted by atomic mass is 10.0. The first-order chi connectivity index (χ1) is 11.9. The van der Waals surface area contributed by atoms with Gasteiger partial charge in [0, 0.05) is 32.2 Å². The molecular formula is C17H22F3N3O2. The molecule has 0 aliphatic carbocycles. The molecule has 25 heavy (non-hydrogen) atoms. The van der Waals surface area contributed by atoms with E-state index in [1.54, 1.807) is 4.90 Å². The minimum atomic E-state index is -4.50. The number of likely N-dealkylation sites (tertiary alicyclic amines) is 1. The summed E-state index contributed by atoms with van der Waals surface area (Å²) in [5, 5.41) is 2.43. The fraction of sp³-hybridized carbons (Fsp3) is 0.588. The summed E-state index contributed by atoms with van der Waals surface area (Å²) in [6.45, 7) is 4.11. The highest BCUT2D eigenvalue weighted by Gasteiger charge is 2.34. The molecule has 1 N–H and O–H groups in total. The van der Waals surface area contributed by atoms with Gasteiger partial charge in [-0.2, -0.15) is 13.2 Å². The van der Waals surface area contributed by atoms with Crippen molar-refractivity contribution in [1.29, 1.82) is 0 Å². The van der Waals surface area contributed by atoms with E-state index in [2.05, 4.69) is 10.2 Å². The molecule has 2 heterocycles. The highest BCUT2D eigenvalue weighted by Crippen LogP contribution is 2.34. The van der Waals surface area contributed by atoms with E-state index in [9.17, 15) is 18.0 Å². The van der Waals surface area contributed by atoms with Gasteiger partial charge < -0.3 is 15.0 Å². The summed E-state index contributed by atoms with van der Waals surface area (Å²) in [6.07, 6.45) is -2.67. The third-order valence-electron chi connectivity index (χ3n) is 4.72. The number of benzene rings is 1. The van der Waals surface area contributed by atoms with Crippen molar-refractivity contribution < 1.29 is 22.7 Å². The Labute approximate surface area is 144 Å². The Kier molecular flexibility index (Phi) is 5.48. The van der Waals surface area contributed by atoms with Crippen LogP contribution in [0.4, 0.5) is 23.7 Å². The topological polar surface area (TPSA) is 44.8 Å². The molecule has 5 nitrogen and oxygen atoms in total. The maximum Gasteiger partial charge on any atom is 0.418 e. The maximum atomic E-state index is 13.1. The van der Waals surface area contributed by atoms with Gasteiger partial charge in [0.05, 0.1) is 24.5 Å². The molecule has 3 rings (SSSR count). The number of morpholine rings is 1. The van der Waals surface area contributed by atoms with Gasteiger partial charge in [-0.1, -0.05) is 12.1 Å². The van der Waals surface area contributed by atoms with Gasteiger partial charge in [-0.05, 0) is 25.0 Å². The largest absolute Gasteiger partial charge is 0.418 e. The van der Waals surface area contributed by atoms with E-state index in [0.717, 1.165) is 32.0 Å². The fourth-order valence-corrected chi connectivity index (χ4v) is 3.41. The number of halogens is 3. The lowest BCUT2D eigenvalue weighted by Crippen LogP contribution is -2.53. The second-order valence-corrected chi connectivity index (χ2v) is 6.36. The average Bonchev–Trinajstić information content (AvgIpc) is 2.62. The van der Waals surface area contributed by atoms with Crippen LogP contribution in [-0.4, -0.2) is 61.3 Å². The van der Waals surface area contributed by atoms with Crippen LogP contribution in [-0.2, 0) is 10.9 Å². The first kappa shape index (κ1) is 18.0. The van der Waals surface area contributed by atoms with Gasteiger partial charge in [0.1, 0.15) is 0 Å². The number of hydrogen-bond acceptors (Lipinski definition) is 3. The first-order valence-electron chi connectivity index (χ1n) is 8.49. The third kappa shape index (κ3) is 4.43. The molecule has 138 valence electrons. The van der Waals surface area contributed by atoms with Crippen LogP contribution in [0.1, 0.15) is 18.4 Å². The number of urea groups is 1. The second-order valence-electron chi connectivity index (χ2n) is 6.36. The lowest BCUT2D eigenvalue weighted by Gasteiger charge is -2.40. The van der Waals surface area contributed by atoms with Gasteiger partial charge >= 0.3 is 12.2 Å². The van der Waals surface area contributed by atoms with Crippen molar-refractivity contribution in [3.8, 4) is 0 Å². The van der Waals surface area contributed by atoms with Crippen LogP contribution in [0, 0.1) is 0 Å². The molecule has 0 aromatic heterocycles. The van der Waals surface area contributed by atoms with Crippen molar-refractivity contribution in [2.45, 2.75) is 25.1 Å². The van der Waals surface area contributed by atoms with Gasteiger partial charge in [-0.25, -0.2) is 4.79 Å². The molecule has 0 unspecified atom stereocenters. The molecule has 0 radical (unpaired) electrons. The maximum absolute atomic E-state index is 13.1. The van der Waals surface area contributed by atoms with Crippen molar-refractivity contribution in [1.82, 2.24) is 9.80 Å². The molecule has 1 aromatic carbocycles. The predicted molar refractivity (Wildman–Crippen MR) is 87.4 cm³/mol. The van der Waals surface area contributed by atoms with E-state index >= 15 is 0 Å². The smallest absolute Gasteiger partial charge is 0.379 e. The van der Waals surface area contributed by atoms with Crippen LogP contribution in [0.15, 0.2) is 24.3 Å². The number of ether oxygens (including phenoxy) is 1. The van der Waals surface area contributed by atoms with Gasteiger partial charge in [-0.3, -0.25) is 4.90 Å². The summed E-state index contributed by atoms with van der Waals surface area (Å²) < 4.78 is 44.5. The quantitative estimate of drug-likeness (QED) is 0.885. The summed E-state index contributed by atoms with van der Waals surface area (Å²) >= 11 is 0. The number of carbonyl (C=O) groups is 1. The molecule has 2 amide bonds. The number of nitrogens with zero attached hydrogens (tertiary/aromatic N) is 2. The summed E-state index contributed by atoms with van der Waals surface area (Å²) in [6, 6.07) is 4.81. The fourth-order valence-electron chi connectivity index (χ4n) is 3.41. The number of hydrogen-bond donors (Lipinski definition) is 1. The number of anilines is 1. The van der Waals surface area contributed by atoms with Gasteiger partial charge in [0.25, 0.3) is 0 Å². The Morgan fingerprint density at radius 1 is 1.16 bits per heavy atom. The second kappa shape index (κ2) is 7.61. The Morgan fingerprint density at radius 3 is 2.60 bits per heavy atom. The van der Waals surface area contributed by atoms with Crippen LogP contribution < -0.4 is 5.32 Å². The van der Waals surface area contributed by atoms with Crippen molar-refractivity contribution in [2.75, 3.05) is 44.7 Å². The number of amides is 2. The van der Waals surface area contributed by atoms with E-state index in [0.29, 0.717) is 26.3 Å². The summed E-state index contributed by atoms with van der Waals surface area (Å²) in [5.41, 5.74) is -1.03. The van der Waals surface area contributed by atoms with E-state index < -0.39 is 17.8 Å². The Hall–Kier alpha value is -1.80. The van der Waals surface area contributed by atoms with Crippen molar-refractivity contribution in [3.63, 3.8) is 0 Å². The van der Waals surface area contributed by atoms with Crippen LogP contribution in [0.5, 0.6) is 0 Å². The number of rotatable bonds is 2. The van der Waals surface area contributed by atoms with Crippen LogP contribution in [0.25, 0.3) is 0 Å². The molecule has 2 aliphatic rings. The monoisotopic (exact) mass is 357 g/mol. The first-order valence-corrected chi connectivity index (χ1v) is 8.49. The van der Waals surface area contributed by atoms with Crippen molar-refractivity contribution in [2.24, 2.45) is 0 Å². The highest BCUT2D eigenvalue weighted by atomic mass is 19.4. The number of piperidine rings is 1. The third-order valence-corrected chi connectivity index (χ3v) is 4.72. The minimum absolute atomic E-state index is 0.200. The molecule has 8 heteroatoms. The molecule has 2 saturated heterocycles. The van der Waals surface area contributed by atoms with Gasteiger partial charge in [0.15, 0.2) is 0 Å². The molecule has 1 aromatic rings. The van der Waals surface area contributed by atoms with E-state index in [1.807, 2.05) is 0 Å². The zero-order chi connectivity index (χ0) is 17.9. The Bertz CT molecular complexity index is 603. The number of carbonyl (C=O) groups excluding carboxylic acids is 1. The Balaban J connectivity index is 1.65. The molecule has 2 aliphatic heterocycles. The summed E-state index contributed by atoms with van der Waals surface area (Å²) in [7, 11) is 0. The number of para-hydroxylation sites is 1. The standard InChI is InChI=1S/C17H22F3N3O2/c18-17(19,20)14-5-1-2-6-15(14)21-16(24)23-7-3-4-13(12-23)22-8-10-25-11-9-22/h1-2,5-6,13H,3-4,7-12H2,(H,21,24)/t13-/m0/s1. The van der Waals surface area contributed by atoms with E-state index in [1.165, 1.54) is 18.2 Å². The van der Waals surface area contributed by atoms with Crippen LogP contribution in [0.2, 0.25) is 0 Å². The van der Waals surface area contributed by atoms with Crippen LogP contribution in [0.3, 0.4) is 0 Å². The SMILES string of the molecule is O=C(Nc1ccccc1C(F)(F)F)N1CCC[C@H](N2CCOCC2)C1. The van der Waals surface area contributed by atoms with Gasteiger partial charge in [-0.15, -0.1) is 0 Å². The van der Waals surface area contributed by atoms with Crippen LogP contribution >= 0.6 is 0 Å². The molecule has 0 spiro atoms. The molecule has 0 saturated carbocycles. The normalized spacial score (nSPS) is 22.7. The molecule has 1 atom stereocenters. The Morgan fingerprint density at radius 2 is 1.88 bits per heavy atom. The molecule has 2 fully saturated rings. The number of nitrogens with one attached hydrogen (secondary N) is 1. The number of alkyl halides is 3. The zero-order valence-electron chi connectivity index (χ0n) is 13.9. The summed E-state index contributed by atoms with van der Waals surface area (Å²) in [5.74, 6) is 0. The highest BCUT2D eigenvalue weighted by molar-refractivity contribution is 5.90. The summed E-state index contributed by atoms with van der Waals surface area (Å²) in [4.78, 5) is 16.4. The lowest BCUT2D eigenvalue weighted by molar-refractivity contribution is -0.136. The average molecular weight is 357 g/mol. The predicted octanol–water partition coefficient (Wildman–Crippen LogP) is 3.03. The molecular weight excluding hydrogens is 335 g/mol.